The van der Waals surface area contributed by atoms with Crippen molar-refractivity contribution in [3.63, 3.8) is 0 Å². The zero-order valence-corrected chi connectivity index (χ0v) is 15.1. The third kappa shape index (κ3) is 3.23. The van der Waals surface area contributed by atoms with Gasteiger partial charge in [0.05, 0.1) is 21.8 Å². The van der Waals surface area contributed by atoms with Crippen LogP contribution in [0.3, 0.4) is 0 Å². The van der Waals surface area contributed by atoms with E-state index in [4.69, 9.17) is 16.0 Å². The number of hydrogen-bond donors (Lipinski definition) is 1. The van der Waals surface area contributed by atoms with Crippen molar-refractivity contribution in [2.75, 3.05) is 24.5 Å². The Morgan fingerprint density at radius 1 is 1.33 bits per heavy atom. The Labute approximate surface area is 158 Å². The topological polar surface area (TPSA) is 54.2 Å². The molecule has 1 atom stereocenters. The van der Waals surface area contributed by atoms with Gasteiger partial charge in [-0.25, -0.2) is 0 Å². The summed E-state index contributed by atoms with van der Waals surface area (Å²) >= 11 is 6.01. The second-order valence-electron chi connectivity index (χ2n) is 6.41. The van der Waals surface area contributed by atoms with Crippen LogP contribution in [0.5, 0.6) is 0 Å². The Bertz CT molecular complexity index is 974. The normalized spacial score (nSPS) is 18.3. The van der Waals surface area contributed by atoms with Gasteiger partial charge in [0, 0.05) is 31.9 Å². The maximum Gasteiger partial charge on any atom is 0.418 e. The van der Waals surface area contributed by atoms with Gasteiger partial charge in [-0.3, -0.25) is 4.98 Å². The smallest absolute Gasteiger partial charge is 0.418 e. The quantitative estimate of drug-likeness (QED) is 0.697. The fraction of sp³-hybridized carbons (Fsp3) is 0.333. The molecule has 1 aliphatic heterocycles. The molecule has 1 saturated heterocycles. The van der Waals surface area contributed by atoms with E-state index in [-0.39, 0.29) is 34.4 Å². The lowest BCUT2D eigenvalue weighted by Gasteiger charge is -2.32. The fourth-order valence-electron chi connectivity index (χ4n) is 3.30. The lowest BCUT2D eigenvalue weighted by atomic mass is 10.0. The molecule has 27 heavy (non-hydrogen) atoms. The molecule has 0 aliphatic carbocycles. The number of oxazole rings is 1. The molecule has 3 heterocycles. The second kappa shape index (κ2) is 6.69. The van der Waals surface area contributed by atoms with Crippen molar-refractivity contribution in [2.45, 2.75) is 19.1 Å². The average molecular weight is 397 g/mol. The predicted octanol–water partition coefficient (Wildman–Crippen LogP) is 4.36. The molecular formula is C18H16ClF3N4O. The highest BCUT2D eigenvalue weighted by molar-refractivity contribution is 6.33. The third-order valence-electron chi connectivity index (χ3n) is 4.57. The van der Waals surface area contributed by atoms with Crippen LogP contribution in [0.25, 0.3) is 22.4 Å². The van der Waals surface area contributed by atoms with Crippen LogP contribution < -0.4 is 10.2 Å². The molecule has 0 amide bonds. The van der Waals surface area contributed by atoms with Crippen LogP contribution in [0.4, 0.5) is 19.2 Å². The maximum atomic E-state index is 13.8. The number of alkyl halides is 3. The first-order valence-electron chi connectivity index (χ1n) is 8.45. The van der Waals surface area contributed by atoms with Crippen molar-refractivity contribution in [1.29, 1.82) is 0 Å². The molecule has 0 unspecified atom stereocenters. The van der Waals surface area contributed by atoms with Crippen molar-refractivity contribution in [3.05, 3.63) is 41.0 Å². The lowest BCUT2D eigenvalue weighted by molar-refractivity contribution is -0.136. The summed E-state index contributed by atoms with van der Waals surface area (Å²) in [6.07, 6.45) is -3.23. The zero-order chi connectivity index (χ0) is 19.2. The average Bonchev–Trinajstić information content (AvgIpc) is 3.04. The summed E-state index contributed by atoms with van der Waals surface area (Å²) in [7, 11) is 0. The van der Waals surface area contributed by atoms with Crippen LogP contribution >= 0.6 is 11.6 Å². The van der Waals surface area contributed by atoms with E-state index in [0.29, 0.717) is 6.54 Å². The van der Waals surface area contributed by atoms with E-state index in [1.807, 2.05) is 11.8 Å². The van der Waals surface area contributed by atoms with E-state index in [1.165, 1.54) is 18.3 Å². The van der Waals surface area contributed by atoms with Crippen LogP contribution in [-0.2, 0) is 6.18 Å². The van der Waals surface area contributed by atoms with Gasteiger partial charge in [0.25, 0.3) is 6.01 Å². The highest BCUT2D eigenvalue weighted by Gasteiger charge is 2.39. The third-order valence-corrected chi connectivity index (χ3v) is 4.87. The van der Waals surface area contributed by atoms with E-state index >= 15 is 0 Å². The number of halogens is 4. The first kappa shape index (κ1) is 18.1. The monoisotopic (exact) mass is 396 g/mol. The van der Waals surface area contributed by atoms with E-state index in [1.54, 1.807) is 12.1 Å². The molecule has 0 radical (unpaired) electrons. The fourth-order valence-corrected chi connectivity index (χ4v) is 3.61. The standard InChI is InChI=1S/C18H16ClF3N4O/c1-10-9-23-6-7-26(10)17-25-13-8-11(19)15(18(20,21)22)14(16(13)27-17)12-4-2-3-5-24-12/h2-5,8,10,23H,6-7,9H2,1H3/t10-/m0/s1. The molecule has 9 heteroatoms. The minimum absolute atomic E-state index is 0.0335. The Balaban J connectivity index is 1.98. The summed E-state index contributed by atoms with van der Waals surface area (Å²) in [6, 6.07) is 6.33. The molecule has 4 rings (SSSR count). The van der Waals surface area contributed by atoms with Gasteiger partial charge in [-0.05, 0) is 25.1 Å². The number of rotatable bonds is 2. The Morgan fingerprint density at radius 3 is 2.81 bits per heavy atom. The highest BCUT2D eigenvalue weighted by Crippen LogP contribution is 2.45. The maximum absolute atomic E-state index is 13.8. The Morgan fingerprint density at radius 2 is 2.15 bits per heavy atom. The molecule has 1 fully saturated rings. The van der Waals surface area contributed by atoms with Gasteiger partial charge in [-0.15, -0.1) is 0 Å². The number of benzene rings is 1. The van der Waals surface area contributed by atoms with E-state index in [9.17, 15) is 13.2 Å². The Hall–Kier alpha value is -2.32. The first-order chi connectivity index (χ1) is 12.9. The number of nitrogens with one attached hydrogen (secondary N) is 1. The van der Waals surface area contributed by atoms with E-state index in [2.05, 4.69) is 15.3 Å². The van der Waals surface area contributed by atoms with Gasteiger partial charge >= 0.3 is 6.18 Å². The highest BCUT2D eigenvalue weighted by atomic mass is 35.5. The van der Waals surface area contributed by atoms with Gasteiger partial charge in [0.2, 0.25) is 0 Å². The van der Waals surface area contributed by atoms with Gasteiger partial charge in [0.1, 0.15) is 5.52 Å². The molecule has 142 valence electrons. The minimum atomic E-state index is -4.66. The summed E-state index contributed by atoms with van der Waals surface area (Å²) in [5, 5.41) is 2.83. The largest absolute Gasteiger partial charge is 0.423 e. The molecule has 2 aromatic heterocycles. The van der Waals surface area contributed by atoms with Gasteiger partial charge in [-0.2, -0.15) is 18.2 Å². The summed E-state index contributed by atoms with van der Waals surface area (Å²) in [5.41, 5.74) is -0.715. The van der Waals surface area contributed by atoms with Gasteiger partial charge < -0.3 is 14.6 Å². The number of aromatic nitrogens is 2. The van der Waals surface area contributed by atoms with Crippen molar-refractivity contribution < 1.29 is 17.6 Å². The van der Waals surface area contributed by atoms with Crippen molar-refractivity contribution in [2.24, 2.45) is 0 Å². The number of nitrogens with zero attached hydrogens (tertiary/aromatic N) is 3. The zero-order valence-electron chi connectivity index (χ0n) is 14.3. The number of anilines is 1. The van der Waals surface area contributed by atoms with Crippen molar-refractivity contribution >= 4 is 28.7 Å². The van der Waals surface area contributed by atoms with Crippen LogP contribution in [0.1, 0.15) is 12.5 Å². The first-order valence-corrected chi connectivity index (χ1v) is 8.83. The van der Waals surface area contributed by atoms with E-state index < -0.39 is 16.8 Å². The number of pyridine rings is 1. The molecule has 0 spiro atoms. The van der Waals surface area contributed by atoms with Crippen LogP contribution in [0.2, 0.25) is 5.02 Å². The molecule has 0 bridgehead atoms. The Kier molecular flexibility index (Phi) is 4.47. The second-order valence-corrected chi connectivity index (χ2v) is 6.82. The predicted molar refractivity (Wildman–Crippen MR) is 96.9 cm³/mol. The van der Waals surface area contributed by atoms with Crippen molar-refractivity contribution in [1.82, 2.24) is 15.3 Å². The van der Waals surface area contributed by atoms with Crippen LogP contribution in [0, 0.1) is 0 Å². The van der Waals surface area contributed by atoms with Crippen molar-refractivity contribution in [3.8, 4) is 11.3 Å². The van der Waals surface area contributed by atoms with Gasteiger partial charge in [0.15, 0.2) is 5.58 Å². The molecule has 1 aliphatic rings. The molecule has 3 aromatic rings. The van der Waals surface area contributed by atoms with E-state index in [0.717, 1.165) is 13.1 Å². The SMILES string of the molecule is C[C@H]1CNCCN1c1nc2cc(Cl)c(C(F)(F)F)c(-c3ccccn3)c2o1. The molecule has 0 saturated carbocycles. The van der Waals surface area contributed by atoms with Crippen LogP contribution in [-0.4, -0.2) is 35.6 Å². The number of fused-ring (bicyclic) bond motifs is 1. The molecule has 1 N–H and O–H groups in total. The summed E-state index contributed by atoms with van der Waals surface area (Å²) < 4.78 is 47.1. The minimum Gasteiger partial charge on any atom is -0.423 e. The molecule has 1 aromatic carbocycles. The summed E-state index contributed by atoms with van der Waals surface area (Å²) in [4.78, 5) is 10.4. The molecule has 5 nitrogen and oxygen atoms in total. The summed E-state index contributed by atoms with van der Waals surface area (Å²) in [6.45, 7) is 4.12. The number of hydrogen-bond acceptors (Lipinski definition) is 5. The van der Waals surface area contributed by atoms with Gasteiger partial charge in [-0.1, -0.05) is 17.7 Å². The lowest BCUT2D eigenvalue weighted by Crippen LogP contribution is -2.50. The van der Waals surface area contributed by atoms with Crippen LogP contribution in [0.15, 0.2) is 34.9 Å². The number of piperazine rings is 1. The molecular weight excluding hydrogens is 381 g/mol. The summed E-state index contributed by atoms with van der Waals surface area (Å²) in [5.74, 6) is 0.